The number of phenols is 1. The van der Waals surface area contributed by atoms with Crippen LogP contribution in [0.3, 0.4) is 0 Å². The van der Waals surface area contributed by atoms with Crippen molar-refractivity contribution in [3.63, 3.8) is 0 Å². The first-order valence-electron chi connectivity index (χ1n) is 12.0. The molecule has 3 N–H and O–H groups in total. The summed E-state index contributed by atoms with van der Waals surface area (Å²) in [5.74, 6) is 1.09. The van der Waals surface area contributed by atoms with Crippen molar-refractivity contribution < 1.29 is 18.3 Å². The zero-order valence-corrected chi connectivity index (χ0v) is 21.1. The van der Waals surface area contributed by atoms with E-state index in [4.69, 9.17) is 0 Å². The van der Waals surface area contributed by atoms with Gasteiger partial charge in [-0.15, -0.1) is 4.40 Å². The Morgan fingerprint density at radius 2 is 1.78 bits per heavy atom. The van der Waals surface area contributed by atoms with Gasteiger partial charge in [-0.1, -0.05) is 36.4 Å². The number of hydrogen-bond acceptors (Lipinski definition) is 6. The molecule has 0 spiro atoms. The van der Waals surface area contributed by atoms with Crippen LogP contribution in [0.25, 0.3) is 11.0 Å². The van der Waals surface area contributed by atoms with Crippen molar-refractivity contribution in [1.29, 1.82) is 0 Å². The summed E-state index contributed by atoms with van der Waals surface area (Å²) in [6.45, 7) is 0.462. The minimum Gasteiger partial charge on any atom is -0.508 e. The van der Waals surface area contributed by atoms with Gasteiger partial charge in [-0.2, -0.15) is 8.42 Å². The highest BCUT2D eigenvalue weighted by molar-refractivity contribution is 7.90. The standard InChI is InChI=1S/C27H27N5O4S/c1-32(27-20-7-2-5-10-24(20)37(35,36)31-27)16-6-11-25(34)28-23(17-18-12-14-19(33)15-13-18)26-29-21-8-3-4-9-22(21)30-26/h2-5,7-10,12-15,23,33H,6,11,16-17H2,1H3,(H,28,34)(H,29,30). The Morgan fingerprint density at radius 1 is 1.05 bits per heavy atom. The number of imidazole rings is 1. The number of nitrogens with one attached hydrogen (secondary N) is 2. The van der Waals surface area contributed by atoms with Crippen molar-refractivity contribution in [3.05, 3.63) is 89.7 Å². The average molecular weight is 518 g/mol. The second-order valence-electron chi connectivity index (χ2n) is 9.04. The summed E-state index contributed by atoms with van der Waals surface area (Å²) in [6, 6.07) is 20.9. The number of sulfonamides is 1. The van der Waals surface area contributed by atoms with Crippen LogP contribution in [0.2, 0.25) is 0 Å². The zero-order valence-electron chi connectivity index (χ0n) is 20.3. The molecule has 0 saturated heterocycles. The van der Waals surface area contributed by atoms with E-state index in [1.165, 1.54) is 0 Å². The summed E-state index contributed by atoms with van der Waals surface area (Å²) < 4.78 is 28.6. The van der Waals surface area contributed by atoms with Crippen molar-refractivity contribution in [2.45, 2.75) is 30.2 Å². The van der Waals surface area contributed by atoms with E-state index in [2.05, 4.69) is 19.7 Å². The maximum atomic E-state index is 13.0. The molecule has 1 atom stereocenters. The topological polar surface area (TPSA) is 128 Å². The molecule has 1 unspecified atom stereocenters. The van der Waals surface area contributed by atoms with Crippen LogP contribution in [0.5, 0.6) is 5.75 Å². The molecule has 0 radical (unpaired) electrons. The Balaban J connectivity index is 1.25. The lowest BCUT2D eigenvalue weighted by Crippen LogP contribution is -2.32. The summed E-state index contributed by atoms with van der Waals surface area (Å²) in [5, 5.41) is 12.7. The molecule has 1 aromatic heterocycles. The van der Waals surface area contributed by atoms with Crippen LogP contribution in [0.1, 0.15) is 35.8 Å². The number of hydrogen-bond donors (Lipinski definition) is 3. The number of amides is 1. The number of nitrogens with zero attached hydrogens (tertiary/aromatic N) is 3. The molecule has 0 fully saturated rings. The highest BCUT2D eigenvalue weighted by Gasteiger charge is 2.30. The maximum absolute atomic E-state index is 13.0. The summed E-state index contributed by atoms with van der Waals surface area (Å²) in [4.78, 5) is 22.9. The quantitative estimate of drug-likeness (QED) is 0.328. The van der Waals surface area contributed by atoms with Crippen molar-refractivity contribution in [2.75, 3.05) is 13.6 Å². The monoisotopic (exact) mass is 517 g/mol. The fraction of sp³-hybridized carbons (Fsp3) is 0.222. The van der Waals surface area contributed by atoms with E-state index in [0.29, 0.717) is 36.6 Å². The van der Waals surface area contributed by atoms with E-state index in [9.17, 15) is 18.3 Å². The molecule has 1 aliphatic heterocycles. The number of phenolic OH excluding ortho intramolecular Hbond substituents is 1. The molecule has 5 rings (SSSR count). The average Bonchev–Trinajstić information content (AvgIpc) is 3.44. The molecule has 0 saturated carbocycles. The first kappa shape index (κ1) is 24.5. The zero-order chi connectivity index (χ0) is 26.0. The molecule has 0 aliphatic carbocycles. The van der Waals surface area contributed by atoms with Crippen LogP contribution in [0.15, 0.2) is 82.1 Å². The second kappa shape index (κ2) is 10.1. The van der Waals surface area contributed by atoms with Crippen LogP contribution in [-0.4, -0.2) is 53.7 Å². The minimum absolute atomic E-state index is 0.140. The molecule has 190 valence electrons. The number of aromatic amines is 1. The molecule has 9 nitrogen and oxygen atoms in total. The lowest BCUT2D eigenvalue weighted by atomic mass is 10.0. The highest BCUT2D eigenvalue weighted by atomic mass is 32.2. The second-order valence-corrected chi connectivity index (χ2v) is 10.6. The lowest BCUT2D eigenvalue weighted by Gasteiger charge is -2.20. The van der Waals surface area contributed by atoms with Crippen LogP contribution >= 0.6 is 0 Å². The van der Waals surface area contributed by atoms with E-state index in [0.717, 1.165) is 16.6 Å². The molecule has 2 heterocycles. The lowest BCUT2D eigenvalue weighted by molar-refractivity contribution is -0.122. The number of carbonyl (C=O) groups is 1. The summed E-state index contributed by atoms with van der Waals surface area (Å²) in [7, 11) is -1.92. The minimum atomic E-state index is -3.69. The van der Waals surface area contributed by atoms with E-state index in [-0.39, 0.29) is 23.0 Å². The number of benzene rings is 3. The Labute approximate surface area is 214 Å². The summed E-state index contributed by atoms with van der Waals surface area (Å²) in [5.41, 5.74) is 3.23. The van der Waals surface area contributed by atoms with Gasteiger partial charge >= 0.3 is 0 Å². The van der Waals surface area contributed by atoms with Gasteiger partial charge in [0, 0.05) is 25.6 Å². The number of H-pyrrole nitrogens is 1. The third-order valence-corrected chi connectivity index (χ3v) is 7.65. The van der Waals surface area contributed by atoms with E-state index in [1.54, 1.807) is 48.3 Å². The van der Waals surface area contributed by atoms with Crippen molar-refractivity contribution in [1.82, 2.24) is 20.2 Å². The van der Waals surface area contributed by atoms with Crippen molar-refractivity contribution in [2.24, 2.45) is 4.40 Å². The SMILES string of the molecule is CN(CCCC(=O)NC(Cc1ccc(O)cc1)c1nc2ccccc2[nH]1)C1=NS(=O)(=O)c2ccccc21. The molecule has 1 amide bonds. The Morgan fingerprint density at radius 3 is 2.57 bits per heavy atom. The maximum Gasteiger partial charge on any atom is 0.285 e. The number of amidine groups is 1. The van der Waals surface area contributed by atoms with E-state index in [1.807, 2.05) is 36.4 Å². The van der Waals surface area contributed by atoms with Gasteiger partial charge in [-0.25, -0.2) is 4.98 Å². The number of aromatic hydroxyl groups is 1. The summed E-state index contributed by atoms with van der Waals surface area (Å²) in [6.07, 6.45) is 1.26. The molecule has 0 bridgehead atoms. The molecule has 1 aliphatic rings. The normalized spacial score (nSPS) is 14.7. The molecule has 4 aromatic rings. The van der Waals surface area contributed by atoms with Gasteiger partial charge in [-0.3, -0.25) is 4.79 Å². The van der Waals surface area contributed by atoms with Crippen LogP contribution < -0.4 is 5.32 Å². The van der Waals surface area contributed by atoms with Crippen molar-refractivity contribution in [3.8, 4) is 5.75 Å². The van der Waals surface area contributed by atoms with Crippen LogP contribution in [0, 0.1) is 0 Å². The van der Waals surface area contributed by atoms with Gasteiger partial charge < -0.3 is 20.3 Å². The number of rotatable bonds is 8. The van der Waals surface area contributed by atoms with Gasteiger partial charge in [0.15, 0.2) is 0 Å². The predicted molar refractivity (Wildman–Crippen MR) is 141 cm³/mol. The van der Waals surface area contributed by atoms with Gasteiger partial charge in [0.05, 0.1) is 17.1 Å². The molecule has 3 aromatic carbocycles. The first-order valence-corrected chi connectivity index (χ1v) is 13.4. The van der Waals surface area contributed by atoms with E-state index < -0.39 is 16.1 Å². The first-order chi connectivity index (χ1) is 17.8. The fourth-order valence-corrected chi connectivity index (χ4v) is 5.69. The third-order valence-electron chi connectivity index (χ3n) is 6.32. The number of carbonyl (C=O) groups excluding carboxylic acids is 1. The van der Waals surface area contributed by atoms with Gasteiger partial charge in [-0.05, 0) is 54.8 Å². The molecule has 10 heteroatoms. The Bertz CT molecular complexity index is 1540. The number of aromatic nitrogens is 2. The van der Waals surface area contributed by atoms with Crippen LogP contribution in [0.4, 0.5) is 0 Å². The Kier molecular flexibility index (Phi) is 6.66. The molecular formula is C27H27N5O4S. The van der Waals surface area contributed by atoms with Gasteiger partial charge in [0.2, 0.25) is 5.91 Å². The number of para-hydroxylation sites is 2. The highest BCUT2D eigenvalue weighted by Crippen LogP contribution is 2.27. The predicted octanol–water partition coefficient (Wildman–Crippen LogP) is 3.53. The number of fused-ring (bicyclic) bond motifs is 2. The fourth-order valence-electron chi connectivity index (χ4n) is 4.43. The van der Waals surface area contributed by atoms with E-state index >= 15 is 0 Å². The van der Waals surface area contributed by atoms with Crippen LogP contribution in [-0.2, 0) is 21.2 Å². The Hall–Kier alpha value is -4.18. The largest absolute Gasteiger partial charge is 0.508 e. The van der Waals surface area contributed by atoms with Gasteiger partial charge in [0.1, 0.15) is 22.3 Å². The smallest absolute Gasteiger partial charge is 0.285 e. The molecule has 37 heavy (non-hydrogen) atoms. The summed E-state index contributed by atoms with van der Waals surface area (Å²) >= 11 is 0. The van der Waals surface area contributed by atoms with Crippen molar-refractivity contribution >= 4 is 32.8 Å². The van der Waals surface area contributed by atoms with Gasteiger partial charge in [0.25, 0.3) is 10.0 Å². The third kappa shape index (κ3) is 5.34. The molecular weight excluding hydrogens is 490 g/mol.